The number of hydrogen-bond donors (Lipinski definition) is 1. The molecule has 1 N–H and O–H groups in total. The largest absolute Gasteiger partial charge is 0.497 e. The molecule has 1 amide bonds. The van der Waals surface area contributed by atoms with Crippen LogP contribution in [0.4, 0.5) is 5.69 Å². The van der Waals surface area contributed by atoms with Gasteiger partial charge in [-0.2, -0.15) is 0 Å². The first-order valence-electron chi connectivity index (χ1n) is 5.85. The predicted molar refractivity (Wildman–Crippen MR) is 71.3 cm³/mol. The molecular formula is C13H16BrNO2. The van der Waals surface area contributed by atoms with Gasteiger partial charge in [0.05, 0.1) is 12.8 Å². The van der Waals surface area contributed by atoms with Gasteiger partial charge >= 0.3 is 0 Å². The Morgan fingerprint density at radius 1 is 1.41 bits per heavy atom. The highest BCUT2D eigenvalue weighted by Crippen LogP contribution is 2.30. The third-order valence-electron chi connectivity index (χ3n) is 3.16. The van der Waals surface area contributed by atoms with Gasteiger partial charge in [-0.25, -0.2) is 0 Å². The number of methoxy groups -OCH3 is 1. The first kappa shape index (κ1) is 12.4. The average Bonchev–Trinajstić information content (AvgIpc) is 2.85. The molecule has 1 aromatic carbocycles. The molecule has 92 valence electrons. The molecule has 0 aromatic heterocycles. The SMILES string of the molecule is COc1ccc(Br)c(NC(=O)C2CCCC2)c1. The molecule has 1 saturated carbocycles. The van der Waals surface area contributed by atoms with Gasteiger partial charge < -0.3 is 10.1 Å². The van der Waals surface area contributed by atoms with Gasteiger partial charge in [0, 0.05) is 16.5 Å². The van der Waals surface area contributed by atoms with Crippen molar-refractivity contribution in [2.75, 3.05) is 12.4 Å². The maximum absolute atomic E-state index is 12.0. The lowest BCUT2D eigenvalue weighted by Crippen LogP contribution is -2.20. The van der Waals surface area contributed by atoms with Gasteiger partial charge in [0.25, 0.3) is 0 Å². The number of rotatable bonds is 3. The molecule has 2 rings (SSSR count). The van der Waals surface area contributed by atoms with E-state index in [1.165, 1.54) is 0 Å². The number of ether oxygens (including phenoxy) is 1. The lowest BCUT2D eigenvalue weighted by Gasteiger charge is -2.12. The van der Waals surface area contributed by atoms with Crippen molar-refractivity contribution in [1.29, 1.82) is 0 Å². The summed E-state index contributed by atoms with van der Waals surface area (Å²) in [6.07, 6.45) is 4.34. The molecule has 0 saturated heterocycles. The van der Waals surface area contributed by atoms with Crippen molar-refractivity contribution in [3.05, 3.63) is 22.7 Å². The summed E-state index contributed by atoms with van der Waals surface area (Å²) in [5, 5.41) is 2.96. The zero-order valence-corrected chi connectivity index (χ0v) is 11.4. The Balaban J connectivity index is 2.09. The van der Waals surface area contributed by atoms with Gasteiger partial charge in [0.15, 0.2) is 0 Å². The van der Waals surface area contributed by atoms with Crippen molar-refractivity contribution in [1.82, 2.24) is 0 Å². The minimum Gasteiger partial charge on any atom is -0.497 e. The fourth-order valence-corrected chi connectivity index (χ4v) is 2.50. The molecule has 1 aromatic rings. The van der Waals surface area contributed by atoms with E-state index >= 15 is 0 Å². The molecule has 0 heterocycles. The van der Waals surface area contributed by atoms with E-state index in [1.807, 2.05) is 18.2 Å². The van der Waals surface area contributed by atoms with Crippen molar-refractivity contribution in [2.45, 2.75) is 25.7 Å². The highest BCUT2D eigenvalue weighted by Gasteiger charge is 2.23. The molecule has 0 radical (unpaired) electrons. The molecule has 1 fully saturated rings. The van der Waals surface area contributed by atoms with Crippen LogP contribution in [0.1, 0.15) is 25.7 Å². The summed E-state index contributed by atoms with van der Waals surface area (Å²) < 4.78 is 6.02. The zero-order valence-electron chi connectivity index (χ0n) is 9.83. The van der Waals surface area contributed by atoms with E-state index in [-0.39, 0.29) is 11.8 Å². The van der Waals surface area contributed by atoms with E-state index < -0.39 is 0 Å². The van der Waals surface area contributed by atoms with E-state index in [1.54, 1.807) is 7.11 Å². The van der Waals surface area contributed by atoms with Crippen LogP contribution in [-0.2, 0) is 4.79 Å². The van der Waals surface area contributed by atoms with E-state index in [0.717, 1.165) is 41.6 Å². The standard InChI is InChI=1S/C13H16BrNO2/c1-17-10-6-7-11(14)12(8-10)15-13(16)9-4-2-3-5-9/h6-9H,2-5H2,1H3,(H,15,16). The summed E-state index contributed by atoms with van der Waals surface area (Å²) in [6.45, 7) is 0. The number of hydrogen-bond acceptors (Lipinski definition) is 2. The molecular weight excluding hydrogens is 282 g/mol. The fraction of sp³-hybridized carbons (Fsp3) is 0.462. The molecule has 1 aliphatic rings. The van der Waals surface area contributed by atoms with Gasteiger partial charge in [-0.05, 0) is 40.9 Å². The van der Waals surface area contributed by atoms with Gasteiger partial charge in [-0.1, -0.05) is 12.8 Å². The monoisotopic (exact) mass is 297 g/mol. The lowest BCUT2D eigenvalue weighted by molar-refractivity contribution is -0.119. The van der Waals surface area contributed by atoms with Crippen molar-refractivity contribution >= 4 is 27.5 Å². The van der Waals surface area contributed by atoms with Crippen LogP contribution in [0.2, 0.25) is 0 Å². The van der Waals surface area contributed by atoms with Gasteiger partial charge in [0.2, 0.25) is 5.91 Å². The van der Waals surface area contributed by atoms with Gasteiger partial charge in [-0.15, -0.1) is 0 Å². The zero-order chi connectivity index (χ0) is 12.3. The molecule has 17 heavy (non-hydrogen) atoms. The van der Waals surface area contributed by atoms with Crippen LogP contribution in [0.3, 0.4) is 0 Å². The Morgan fingerprint density at radius 2 is 2.12 bits per heavy atom. The Morgan fingerprint density at radius 3 is 2.76 bits per heavy atom. The topological polar surface area (TPSA) is 38.3 Å². The number of halogens is 1. The summed E-state index contributed by atoms with van der Waals surface area (Å²) in [7, 11) is 1.62. The van der Waals surface area contributed by atoms with Crippen molar-refractivity contribution < 1.29 is 9.53 Å². The van der Waals surface area contributed by atoms with Crippen LogP contribution in [-0.4, -0.2) is 13.0 Å². The highest BCUT2D eigenvalue weighted by atomic mass is 79.9. The van der Waals surface area contributed by atoms with Gasteiger partial charge in [-0.3, -0.25) is 4.79 Å². The minimum absolute atomic E-state index is 0.122. The highest BCUT2D eigenvalue weighted by molar-refractivity contribution is 9.10. The molecule has 4 heteroatoms. The average molecular weight is 298 g/mol. The van der Waals surface area contributed by atoms with Crippen LogP contribution >= 0.6 is 15.9 Å². The number of anilines is 1. The Kier molecular flexibility index (Phi) is 4.05. The molecule has 0 atom stereocenters. The molecule has 3 nitrogen and oxygen atoms in total. The lowest BCUT2D eigenvalue weighted by atomic mass is 10.1. The first-order valence-corrected chi connectivity index (χ1v) is 6.64. The number of amides is 1. The van der Waals surface area contributed by atoms with Gasteiger partial charge in [0.1, 0.15) is 5.75 Å². The summed E-state index contributed by atoms with van der Waals surface area (Å²) in [5.74, 6) is 1.04. The number of carbonyl (C=O) groups is 1. The summed E-state index contributed by atoms with van der Waals surface area (Å²) in [4.78, 5) is 12.0. The number of carbonyl (C=O) groups excluding carboxylic acids is 1. The van der Waals surface area contributed by atoms with E-state index in [9.17, 15) is 4.79 Å². The first-order chi connectivity index (χ1) is 8.20. The van der Waals surface area contributed by atoms with E-state index in [2.05, 4.69) is 21.2 Å². The number of nitrogens with one attached hydrogen (secondary N) is 1. The fourth-order valence-electron chi connectivity index (χ4n) is 2.15. The Hall–Kier alpha value is -1.03. The predicted octanol–water partition coefficient (Wildman–Crippen LogP) is 3.59. The maximum atomic E-state index is 12.0. The van der Waals surface area contributed by atoms with Crippen LogP contribution in [0.5, 0.6) is 5.75 Å². The van der Waals surface area contributed by atoms with Crippen LogP contribution < -0.4 is 10.1 Å². The number of benzene rings is 1. The minimum atomic E-state index is 0.122. The van der Waals surface area contributed by atoms with Crippen LogP contribution in [0, 0.1) is 5.92 Å². The second-order valence-electron chi connectivity index (χ2n) is 4.32. The normalized spacial score (nSPS) is 15.9. The summed E-state index contributed by atoms with van der Waals surface area (Å²) in [6, 6.07) is 5.56. The van der Waals surface area contributed by atoms with Crippen molar-refractivity contribution in [3.8, 4) is 5.75 Å². The van der Waals surface area contributed by atoms with Crippen LogP contribution in [0.25, 0.3) is 0 Å². The Labute approximate surface area is 110 Å². The maximum Gasteiger partial charge on any atom is 0.227 e. The molecule has 0 spiro atoms. The summed E-state index contributed by atoms with van der Waals surface area (Å²) in [5.41, 5.74) is 0.779. The van der Waals surface area contributed by atoms with E-state index in [0.29, 0.717) is 0 Å². The van der Waals surface area contributed by atoms with Crippen molar-refractivity contribution in [3.63, 3.8) is 0 Å². The smallest absolute Gasteiger partial charge is 0.227 e. The second kappa shape index (κ2) is 5.54. The van der Waals surface area contributed by atoms with Crippen LogP contribution in [0.15, 0.2) is 22.7 Å². The van der Waals surface area contributed by atoms with E-state index in [4.69, 9.17) is 4.74 Å². The third kappa shape index (κ3) is 3.00. The third-order valence-corrected chi connectivity index (χ3v) is 3.85. The molecule has 0 bridgehead atoms. The second-order valence-corrected chi connectivity index (χ2v) is 5.17. The molecule has 0 unspecified atom stereocenters. The molecule has 0 aliphatic heterocycles. The summed E-state index contributed by atoms with van der Waals surface area (Å²) >= 11 is 3.43. The molecule has 1 aliphatic carbocycles. The quantitative estimate of drug-likeness (QED) is 0.926. The Bertz CT molecular complexity index is 414. The van der Waals surface area contributed by atoms with Crippen molar-refractivity contribution in [2.24, 2.45) is 5.92 Å².